The molecule has 1 N–H and O–H groups in total. The summed E-state index contributed by atoms with van der Waals surface area (Å²) in [7, 11) is 0. The zero-order valence-corrected chi connectivity index (χ0v) is 12.7. The molecule has 0 heterocycles. The highest BCUT2D eigenvalue weighted by Crippen LogP contribution is 2.30. The zero-order valence-electron chi connectivity index (χ0n) is 11.9. The molecule has 1 amide bonds. The summed E-state index contributed by atoms with van der Waals surface area (Å²) in [5, 5.41) is 2.47. The number of carbonyl (C=O) groups excluding carboxylic acids is 1. The van der Waals surface area contributed by atoms with Crippen LogP contribution in [0.15, 0.2) is 42.5 Å². The minimum Gasteiger partial charge on any atom is -0.345 e. The number of hydrogen-bond donors (Lipinski definition) is 1. The lowest BCUT2D eigenvalue weighted by Gasteiger charge is -2.16. The minimum atomic E-state index is -4.46. The molecule has 0 aromatic heterocycles. The van der Waals surface area contributed by atoms with Gasteiger partial charge in [-0.1, -0.05) is 23.7 Å². The minimum absolute atomic E-state index is 0.0480. The van der Waals surface area contributed by atoms with Crippen LogP contribution in [-0.4, -0.2) is 5.91 Å². The predicted molar refractivity (Wildman–Crippen MR) is 78.7 cm³/mol. The largest absolute Gasteiger partial charge is 0.416 e. The molecule has 1 unspecified atom stereocenters. The Morgan fingerprint density at radius 3 is 2.48 bits per heavy atom. The normalized spacial score (nSPS) is 12.8. The Kier molecular flexibility index (Phi) is 4.94. The summed E-state index contributed by atoms with van der Waals surface area (Å²) in [6.45, 7) is 1.55. The lowest BCUT2D eigenvalue weighted by Crippen LogP contribution is -2.27. The monoisotopic (exact) mass is 345 g/mol. The number of amides is 1. The van der Waals surface area contributed by atoms with Crippen LogP contribution in [0.25, 0.3) is 0 Å². The van der Waals surface area contributed by atoms with Gasteiger partial charge in [0.2, 0.25) is 0 Å². The molecule has 0 saturated heterocycles. The number of nitrogens with one attached hydrogen (secondary N) is 1. The summed E-state index contributed by atoms with van der Waals surface area (Å²) in [4.78, 5) is 12.1. The van der Waals surface area contributed by atoms with Crippen molar-refractivity contribution < 1.29 is 22.4 Å². The van der Waals surface area contributed by atoms with Crippen molar-refractivity contribution in [3.05, 3.63) is 70.0 Å². The topological polar surface area (TPSA) is 29.1 Å². The van der Waals surface area contributed by atoms with Crippen molar-refractivity contribution in [2.75, 3.05) is 0 Å². The fraction of sp³-hybridized carbons (Fsp3) is 0.188. The first-order valence-corrected chi connectivity index (χ1v) is 6.99. The van der Waals surface area contributed by atoms with Crippen LogP contribution >= 0.6 is 11.6 Å². The van der Waals surface area contributed by atoms with Gasteiger partial charge in [-0.3, -0.25) is 4.79 Å². The average Bonchev–Trinajstić information content (AvgIpc) is 2.46. The van der Waals surface area contributed by atoms with E-state index >= 15 is 0 Å². The molecule has 0 spiro atoms. The quantitative estimate of drug-likeness (QED) is 0.780. The van der Waals surface area contributed by atoms with E-state index in [4.69, 9.17) is 11.6 Å². The van der Waals surface area contributed by atoms with E-state index in [0.29, 0.717) is 5.56 Å². The van der Waals surface area contributed by atoms with E-state index in [9.17, 15) is 22.4 Å². The molecule has 23 heavy (non-hydrogen) atoms. The maximum Gasteiger partial charge on any atom is 0.416 e. The van der Waals surface area contributed by atoms with Gasteiger partial charge in [0.25, 0.3) is 5.91 Å². The highest BCUT2D eigenvalue weighted by Gasteiger charge is 2.30. The Morgan fingerprint density at radius 1 is 1.17 bits per heavy atom. The fourth-order valence-electron chi connectivity index (χ4n) is 2.02. The van der Waals surface area contributed by atoms with Gasteiger partial charge >= 0.3 is 6.18 Å². The highest BCUT2D eigenvalue weighted by atomic mass is 35.5. The van der Waals surface area contributed by atoms with Crippen molar-refractivity contribution >= 4 is 17.5 Å². The number of halogens is 5. The van der Waals surface area contributed by atoms with E-state index in [-0.39, 0.29) is 10.6 Å². The third-order valence-corrected chi connectivity index (χ3v) is 3.55. The van der Waals surface area contributed by atoms with Gasteiger partial charge in [-0.15, -0.1) is 0 Å². The van der Waals surface area contributed by atoms with Crippen LogP contribution in [0.4, 0.5) is 17.6 Å². The molecule has 122 valence electrons. The van der Waals surface area contributed by atoms with Crippen LogP contribution < -0.4 is 5.32 Å². The molecule has 0 bridgehead atoms. The van der Waals surface area contributed by atoms with Crippen LogP contribution in [0.3, 0.4) is 0 Å². The molecule has 0 saturated carbocycles. The van der Waals surface area contributed by atoms with Crippen LogP contribution in [0.2, 0.25) is 5.02 Å². The van der Waals surface area contributed by atoms with Gasteiger partial charge < -0.3 is 5.32 Å². The zero-order chi connectivity index (χ0) is 17.2. The number of alkyl halides is 3. The standard InChI is InChI=1S/C16H12ClF4NO/c1-9(10-3-2-4-11(7-10)16(19,20)21)22-15(23)13-6-5-12(18)8-14(13)17/h2-9H,1H3,(H,22,23). The van der Waals surface area contributed by atoms with Crippen molar-refractivity contribution in [2.45, 2.75) is 19.1 Å². The molecule has 7 heteroatoms. The summed E-state index contributed by atoms with van der Waals surface area (Å²) in [5.41, 5.74) is -0.450. The van der Waals surface area contributed by atoms with E-state index in [2.05, 4.69) is 5.32 Å². The van der Waals surface area contributed by atoms with E-state index in [0.717, 1.165) is 24.3 Å². The first kappa shape index (κ1) is 17.3. The molecule has 0 fully saturated rings. The molecule has 2 nitrogen and oxygen atoms in total. The van der Waals surface area contributed by atoms with Crippen molar-refractivity contribution in [3.8, 4) is 0 Å². The molecule has 0 aliphatic heterocycles. The fourth-order valence-corrected chi connectivity index (χ4v) is 2.27. The summed E-state index contributed by atoms with van der Waals surface area (Å²) >= 11 is 5.79. The molecule has 0 radical (unpaired) electrons. The second-order valence-electron chi connectivity index (χ2n) is 4.94. The maximum absolute atomic E-state index is 13.0. The Morgan fingerprint density at radius 2 is 1.87 bits per heavy atom. The van der Waals surface area contributed by atoms with Gasteiger partial charge in [0.1, 0.15) is 5.82 Å². The van der Waals surface area contributed by atoms with Gasteiger partial charge in [-0.05, 0) is 42.8 Å². The second kappa shape index (κ2) is 6.58. The highest BCUT2D eigenvalue weighted by molar-refractivity contribution is 6.33. The van der Waals surface area contributed by atoms with Gasteiger partial charge in [0, 0.05) is 0 Å². The summed E-state index contributed by atoms with van der Waals surface area (Å²) in [6, 6.07) is 7.28. The van der Waals surface area contributed by atoms with Crippen molar-refractivity contribution in [3.63, 3.8) is 0 Å². The SMILES string of the molecule is CC(NC(=O)c1ccc(F)cc1Cl)c1cccc(C(F)(F)F)c1. The molecule has 2 aromatic carbocycles. The molecule has 0 aliphatic carbocycles. The Labute approximate surface area is 135 Å². The second-order valence-corrected chi connectivity index (χ2v) is 5.35. The van der Waals surface area contributed by atoms with E-state index in [1.807, 2.05) is 0 Å². The number of carbonyl (C=O) groups is 1. The molecular formula is C16H12ClF4NO. The summed E-state index contributed by atoms with van der Waals surface area (Å²) in [6.07, 6.45) is -4.46. The number of rotatable bonds is 3. The average molecular weight is 346 g/mol. The van der Waals surface area contributed by atoms with Crippen molar-refractivity contribution in [1.29, 1.82) is 0 Å². The smallest absolute Gasteiger partial charge is 0.345 e. The maximum atomic E-state index is 13.0. The number of hydrogen-bond acceptors (Lipinski definition) is 1. The third kappa shape index (κ3) is 4.22. The molecule has 2 aromatic rings. The lowest BCUT2D eigenvalue weighted by molar-refractivity contribution is -0.137. The van der Waals surface area contributed by atoms with Crippen LogP contribution in [-0.2, 0) is 6.18 Å². The van der Waals surface area contributed by atoms with Crippen molar-refractivity contribution in [1.82, 2.24) is 5.32 Å². The molecular weight excluding hydrogens is 334 g/mol. The van der Waals surface area contributed by atoms with E-state index in [1.54, 1.807) is 6.92 Å². The van der Waals surface area contributed by atoms with Crippen LogP contribution in [0.1, 0.15) is 34.5 Å². The molecule has 0 aliphatic rings. The summed E-state index contributed by atoms with van der Waals surface area (Å²) < 4.78 is 51.1. The van der Waals surface area contributed by atoms with E-state index in [1.165, 1.54) is 18.2 Å². The van der Waals surface area contributed by atoms with Crippen LogP contribution in [0.5, 0.6) is 0 Å². The summed E-state index contributed by atoms with van der Waals surface area (Å²) in [5.74, 6) is -1.18. The lowest BCUT2D eigenvalue weighted by atomic mass is 10.0. The molecule has 2 rings (SSSR count). The van der Waals surface area contributed by atoms with Crippen molar-refractivity contribution in [2.24, 2.45) is 0 Å². The number of benzene rings is 2. The van der Waals surface area contributed by atoms with Gasteiger partial charge in [0.15, 0.2) is 0 Å². The Hall–Kier alpha value is -2.08. The Balaban J connectivity index is 2.18. The van der Waals surface area contributed by atoms with Gasteiger partial charge in [-0.2, -0.15) is 13.2 Å². The first-order chi connectivity index (χ1) is 10.7. The van der Waals surface area contributed by atoms with Gasteiger partial charge in [-0.25, -0.2) is 4.39 Å². The van der Waals surface area contributed by atoms with Crippen LogP contribution in [0, 0.1) is 5.82 Å². The van der Waals surface area contributed by atoms with Gasteiger partial charge in [0.05, 0.1) is 22.2 Å². The Bertz CT molecular complexity index is 730. The van der Waals surface area contributed by atoms with E-state index < -0.39 is 29.5 Å². The predicted octanol–water partition coefficient (Wildman–Crippen LogP) is 4.99. The molecule has 1 atom stereocenters. The first-order valence-electron chi connectivity index (χ1n) is 6.61. The third-order valence-electron chi connectivity index (χ3n) is 3.24.